The van der Waals surface area contributed by atoms with E-state index in [0.29, 0.717) is 13.2 Å². The molecule has 0 spiro atoms. The Bertz CT molecular complexity index is 282. The molecular weight excluding hydrogens is 192 g/mol. The fourth-order valence-corrected chi connectivity index (χ4v) is 1.11. The maximum absolute atomic E-state index is 11.1. The van der Waals surface area contributed by atoms with Gasteiger partial charge in [-0.2, -0.15) is 0 Å². The van der Waals surface area contributed by atoms with Crippen molar-refractivity contribution < 1.29 is 14.3 Å². The zero-order valence-electron chi connectivity index (χ0n) is 8.94. The minimum absolute atomic E-state index is 0.0206. The van der Waals surface area contributed by atoms with E-state index in [1.165, 1.54) is 0 Å². The second-order valence-electron chi connectivity index (χ2n) is 3.15. The normalized spacial score (nSPS) is 10.2. The van der Waals surface area contributed by atoms with Gasteiger partial charge in [0.25, 0.3) is 0 Å². The highest BCUT2D eigenvalue weighted by Gasteiger charge is 2.01. The van der Waals surface area contributed by atoms with Crippen molar-refractivity contribution in [3.63, 3.8) is 0 Å². The van der Waals surface area contributed by atoms with Crippen LogP contribution in [0, 0.1) is 0 Å². The predicted molar refractivity (Wildman–Crippen MR) is 57.6 cm³/mol. The highest BCUT2D eigenvalue weighted by atomic mass is 16.5. The van der Waals surface area contributed by atoms with Gasteiger partial charge in [-0.25, -0.2) is 0 Å². The molecule has 1 rings (SSSR count). The first-order valence-corrected chi connectivity index (χ1v) is 5.04. The van der Waals surface area contributed by atoms with Gasteiger partial charge in [0.15, 0.2) is 5.78 Å². The van der Waals surface area contributed by atoms with E-state index in [2.05, 4.69) is 0 Å². The summed E-state index contributed by atoms with van der Waals surface area (Å²) in [4.78, 5) is 11.1. The molecule has 0 aliphatic carbocycles. The molecule has 0 unspecified atom stereocenters. The second-order valence-corrected chi connectivity index (χ2v) is 3.15. The Balaban J connectivity index is 2.14. The highest BCUT2D eigenvalue weighted by Crippen LogP contribution is 2.00. The number of carbonyl (C=O) groups excluding carboxylic acids is 1. The largest absolute Gasteiger partial charge is 0.374 e. The summed E-state index contributed by atoms with van der Waals surface area (Å²) in [5.74, 6) is -0.0206. The summed E-state index contributed by atoms with van der Waals surface area (Å²) in [6, 6.07) is 9.77. The molecule has 3 heteroatoms. The summed E-state index contributed by atoms with van der Waals surface area (Å²) in [6.07, 6.45) is 0. The fraction of sp³-hybridized carbons (Fsp3) is 0.417. The van der Waals surface area contributed by atoms with E-state index >= 15 is 0 Å². The van der Waals surface area contributed by atoms with Crippen molar-refractivity contribution in [2.24, 2.45) is 0 Å². The molecule has 0 aromatic heterocycles. The highest BCUT2D eigenvalue weighted by molar-refractivity contribution is 5.80. The maximum Gasteiger partial charge on any atom is 0.183 e. The summed E-state index contributed by atoms with van der Waals surface area (Å²) < 4.78 is 10.2. The molecule has 0 aliphatic rings. The molecule has 0 bridgehead atoms. The van der Waals surface area contributed by atoms with Gasteiger partial charge in [0.2, 0.25) is 0 Å². The van der Waals surface area contributed by atoms with Crippen LogP contribution in [0.2, 0.25) is 0 Å². The molecule has 3 nitrogen and oxygen atoms in total. The zero-order chi connectivity index (χ0) is 10.9. The van der Waals surface area contributed by atoms with E-state index in [1.54, 1.807) is 0 Å². The van der Waals surface area contributed by atoms with E-state index in [1.807, 2.05) is 37.3 Å². The molecule has 0 N–H and O–H groups in total. The molecule has 82 valence electrons. The van der Waals surface area contributed by atoms with E-state index in [4.69, 9.17) is 9.47 Å². The van der Waals surface area contributed by atoms with Gasteiger partial charge >= 0.3 is 0 Å². The van der Waals surface area contributed by atoms with Crippen molar-refractivity contribution in [2.45, 2.75) is 13.5 Å². The fourth-order valence-electron chi connectivity index (χ4n) is 1.11. The lowest BCUT2D eigenvalue weighted by molar-refractivity contribution is -0.128. The molecule has 0 saturated carbocycles. The van der Waals surface area contributed by atoms with Crippen LogP contribution in [0.1, 0.15) is 12.5 Å². The van der Waals surface area contributed by atoms with Gasteiger partial charge in [0.1, 0.15) is 13.2 Å². The minimum Gasteiger partial charge on any atom is -0.374 e. The van der Waals surface area contributed by atoms with Gasteiger partial charge in [-0.05, 0) is 12.5 Å². The molecule has 15 heavy (non-hydrogen) atoms. The molecule has 0 saturated heterocycles. The van der Waals surface area contributed by atoms with Crippen LogP contribution in [-0.2, 0) is 20.9 Å². The smallest absolute Gasteiger partial charge is 0.183 e. The quantitative estimate of drug-likeness (QED) is 0.685. The first kappa shape index (κ1) is 11.9. The number of ether oxygens (including phenoxy) is 2. The number of benzene rings is 1. The molecule has 0 aliphatic heterocycles. The van der Waals surface area contributed by atoms with Crippen LogP contribution in [0.25, 0.3) is 0 Å². The van der Waals surface area contributed by atoms with Crippen molar-refractivity contribution >= 4 is 5.78 Å². The monoisotopic (exact) mass is 208 g/mol. The molecule has 1 aromatic rings. The third-order valence-electron chi connectivity index (χ3n) is 1.84. The number of hydrogen-bond donors (Lipinski definition) is 0. The van der Waals surface area contributed by atoms with Crippen LogP contribution in [0.3, 0.4) is 0 Å². The Morgan fingerprint density at radius 2 is 1.80 bits per heavy atom. The number of carbonyl (C=O) groups is 1. The summed E-state index contributed by atoms with van der Waals surface area (Å²) in [5.41, 5.74) is 1.07. The third kappa shape index (κ3) is 5.30. The Kier molecular flexibility index (Phi) is 5.66. The van der Waals surface area contributed by atoms with Crippen LogP contribution in [0.4, 0.5) is 0 Å². The summed E-state index contributed by atoms with van der Waals surface area (Å²) in [6.45, 7) is 3.15. The lowest BCUT2D eigenvalue weighted by Gasteiger charge is -2.03. The van der Waals surface area contributed by atoms with Crippen molar-refractivity contribution in [2.75, 3.05) is 19.8 Å². The van der Waals surface area contributed by atoms with Crippen LogP contribution in [0.15, 0.2) is 30.3 Å². The van der Waals surface area contributed by atoms with Gasteiger partial charge in [-0.15, -0.1) is 0 Å². The van der Waals surface area contributed by atoms with Crippen LogP contribution < -0.4 is 0 Å². The average Bonchev–Trinajstić information content (AvgIpc) is 2.28. The summed E-state index contributed by atoms with van der Waals surface area (Å²) in [5, 5.41) is 0. The first-order chi connectivity index (χ1) is 7.33. The van der Waals surface area contributed by atoms with Gasteiger partial charge < -0.3 is 9.47 Å². The van der Waals surface area contributed by atoms with Crippen LogP contribution in [-0.4, -0.2) is 25.6 Å². The number of ketones is 1. The molecule has 0 atom stereocenters. The molecule has 0 fully saturated rings. The van der Waals surface area contributed by atoms with Crippen molar-refractivity contribution in [3.8, 4) is 0 Å². The van der Waals surface area contributed by atoms with E-state index < -0.39 is 0 Å². The lowest BCUT2D eigenvalue weighted by atomic mass is 10.2. The molecule has 0 amide bonds. The summed E-state index contributed by atoms with van der Waals surface area (Å²) >= 11 is 0. The van der Waals surface area contributed by atoms with Gasteiger partial charge in [0.05, 0.1) is 6.61 Å². The van der Waals surface area contributed by atoms with Crippen molar-refractivity contribution in [1.82, 2.24) is 0 Å². The van der Waals surface area contributed by atoms with Gasteiger partial charge in [0, 0.05) is 6.61 Å². The predicted octanol–water partition coefficient (Wildman–Crippen LogP) is 1.81. The van der Waals surface area contributed by atoms with Crippen molar-refractivity contribution in [1.29, 1.82) is 0 Å². The van der Waals surface area contributed by atoms with Crippen LogP contribution in [0.5, 0.6) is 0 Å². The first-order valence-electron chi connectivity index (χ1n) is 5.04. The Morgan fingerprint density at radius 1 is 1.13 bits per heavy atom. The standard InChI is InChI=1S/C12H16O3/c1-2-14-9-12(13)10-15-8-11-6-4-3-5-7-11/h3-7H,2,8-10H2,1H3. The average molecular weight is 208 g/mol. The maximum atomic E-state index is 11.1. The molecule has 1 aromatic carbocycles. The number of rotatable bonds is 7. The van der Waals surface area contributed by atoms with E-state index in [0.717, 1.165) is 5.56 Å². The number of Topliss-reactive ketones (excluding diaryl/α,β-unsaturated/α-hetero) is 1. The third-order valence-corrected chi connectivity index (χ3v) is 1.84. The van der Waals surface area contributed by atoms with Crippen LogP contribution >= 0.6 is 0 Å². The molecular formula is C12H16O3. The second kappa shape index (κ2) is 7.15. The van der Waals surface area contributed by atoms with E-state index in [9.17, 15) is 4.79 Å². The van der Waals surface area contributed by atoms with E-state index in [-0.39, 0.29) is 19.0 Å². The topological polar surface area (TPSA) is 35.5 Å². The SMILES string of the molecule is CCOCC(=O)COCc1ccccc1. The zero-order valence-corrected chi connectivity index (χ0v) is 8.94. The number of hydrogen-bond acceptors (Lipinski definition) is 3. The molecule has 0 heterocycles. The minimum atomic E-state index is -0.0206. The van der Waals surface area contributed by atoms with Gasteiger partial charge in [-0.1, -0.05) is 30.3 Å². The summed E-state index contributed by atoms with van der Waals surface area (Å²) in [7, 11) is 0. The Hall–Kier alpha value is -1.19. The Labute approximate surface area is 90.0 Å². The lowest BCUT2D eigenvalue weighted by Crippen LogP contribution is -2.15. The Morgan fingerprint density at radius 3 is 2.47 bits per heavy atom. The van der Waals surface area contributed by atoms with Gasteiger partial charge in [-0.3, -0.25) is 4.79 Å². The molecule has 0 radical (unpaired) electrons. The van der Waals surface area contributed by atoms with Crippen molar-refractivity contribution in [3.05, 3.63) is 35.9 Å².